The summed E-state index contributed by atoms with van der Waals surface area (Å²) in [6, 6.07) is 14.1. The number of amides is 1. The van der Waals surface area contributed by atoms with Crippen LogP contribution in [0.4, 0.5) is 5.13 Å². The van der Waals surface area contributed by atoms with Gasteiger partial charge in [-0.15, -0.1) is 10.2 Å². The number of furan rings is 1. The lowest BCUT2D eigenvalue weighted by molar-refractivity contribution is -0.129. The fraction of sp³-hybridized carbons (Fsp3) is 0.321. The number of anilines is 1. The highest BCUT2D eigenvalue weighted by molar-refractivity contribution is 8.01. The van der Waals surface area contributed by atoms with Crippen LogP contribution in [0.3, 0.4) is 0 Å². The van der Waals surface area contributed by atoms with Gasteiger partial charge in [-0.25, -0.2) is 0 Å². The Bertz CT molecular complexity index is 1580. The molecule has 0 spiro atoms. The molecule has 39 heavy (non-hydrogen) atoms. The van der Waals surface area contributed by atoms with Crippen LogP contribution in [0.25, 0.3) is 0 Å². The molecule has 0 saturated carbocycles. The molecule has 4 heterocycles. The van der Waals surface area contributed by atoms with Crippen LogP contribution in [-0.2, 0) is 22.6 Å². The van der Waals surface area contributed by atoms with E-state index >= 15 is 0 Å². The maximum absolute atomic E-state index is 13.2. The average Bonchev–Trinajstić information content (AvgIpc) is 3.60. The Kier molecular flexibility index (Phi) is 6.74. The molecular weight excluding hydrogens is 532 g/mol. The van der Waals surface area contributed by atoms with Crippen molar-refractivity contribution in [3.8, 4) is 6.07 Å². The predicted molar refractivity (Wildman–Crippen MR) is 148 cm³/mol. The number of ketones is 1. The number of hydrogen-bond acceptors (Lipinski definition) is 10. The van der Waals surface area contributed by atoms with Crippen LogP contribution in [0.5, 0.6) is 0 Å². The van der Waals surface area contributed by atoms with Gasteiger partial charge in [0.15, 0.2) is 10.1 Å². The zero-order valence-electron chi connectivity index (χ0n) is 21.3. The number of rotatable bonds is 5. The molecule has 1 atom stereocenters. The van der Waals surface area contributed by atoms with Crippen LogP contribution in [0.2, 0.25) is 0 Å². The summed E-state index contributed by atoms with van der Waals surface area (Å²) >= 11 is 2.63. The van der Waals surface area contributed by atoms with Crippen LogP contribution in [0, 0.1) is 18.3 Å². The minimum Gasteiger partial charge on any atom is -0.465 e. The summed E-state index contributed by atoms with van der Waals surface area (Å²) < 4.78 is 6.48. The lowest BCUT2D eigenvalue weighted by Crippen LogP contribution is -2.38. The van der Waals surface area contributed by atoms with Gasteiger partial charge in [0.05, 0.1) is 23.3 Å². The normalized spacial score (nSPS) is 19.2. The SMILES string of the molecule is Cc1ccc(C2C(C#N)=C(N)N(c3nnc(SCC(=O)N4CCc5ccccc5C4)s3)C3=C2C(=O)CCC3)o1. The largest absolute Gasteiger partial charge is 0.465 e. The zero-order chi connectivity index (χ0) is 27.1. The standard InChI is InChI=1S/C28H26N6O3S2/c1-16-9-10-22(37-16)24-19(13-29)26(30)34(20-7-4-8-21(35)25(20)24)27-31-32-28(39-27)38-15-23(36)33-12-11-17-5-2-3-6-18(17)14-33/h2-3,5-6,9-10,24H,4,7-8,11-12,14-15,30H2,1H3. The molecule has 198 valence electrons. The van der Waals surface area contributed by atoms with Gasteiger partial charge >= 0.3 is 0 Å². The smallest absolute Gasteiger partial charge is 0.233 e. The van der Waals surface area contributed by atoms with Crippen LogP contribution < -0.4 is 10.6 Å². The Hall–Kier alpha value is -3.88. The molecule has 2 aliphatic heterocycles. The number of carbonyl (C=O) groups is 2. The van der Waals surface area contributed by atoms with Crippen LogP contribution in [0.1, 0.15) is 47.8 Å². The van der Waals surface area contributed by atoms with E-state index < -0.39 is 5.92 Å². The summed E-state index contributed by atoms with van der Waals surface area (Å²) in [5, 5.41) is 19.2. The van der Waals surface area contributed by atoms with E-state index in [1.165, 1.54) is 34.2 Å². The molecule has 6 rings (SSSR count). The van der Waals surface area contributed by atoms with Crippen molar-refractivity contribution in [2.24, 2.45) is 5.73 Å². The number of benzene rings is 1. The van der Waals surface area contributed by atoms with Crippen molar-refractivity contribution < 1.29 is 14.0 Å². The molecule has 0 radical (unpaired) electrons. The minimum atomic E-state index is -0.642. The summed E-state index contributed by atoms with van der Waals surface area (Å²) in [6.45, 7) is 3.14. The number of nitriles is 1. The van der Waals surface area contributed by atoms with E-state index in [-0.39, 0.29) is 28.8 Å². The van der Waals surface area contributed by atoms with Crippen LogP contribution in [-0.4, -0.2) is 39.1 Å². The van der Waals surface area contributed by atoms with E-state index in [4.69, 9.17) is 10.2 Å². The van der Waals surface area contributed by atoms with Crippen molar-refractivity contribution in [3.63, 3.8) is 0 Å². The van der Waals surface area contributed by atoms with Gasteiger partial charge in [0.2, 0.25) is 11.0 Å². The first kappa shape index (κ1) is 25.4. The van der Waals surface area contributed by atoms with Crippen LogP contribution in [0.15, 0.2) is 67.8 Å². The Balaban J connectivity index is 1.24. The first-order valence-electron chi connectivity index (χ1n) is 12.8. The number of allylic oxidation sites excluding steroid dienone is 3. The van der Waals surface area contributed by atoms with Gasteiger partial charge in [0.25, 0.3) is 0 Å². The van der Waals surface area contributed by atoms with Crippen molar-refractivity contribution in [2.45, 2.75) is 49.4 Å². The second kappa shape index (κ2) is 10.4. The minimum absolute atomic E-state index is 0.0200. The first-order valence-corrected chi connectivity index (χ1v) is 14.6. The summed E-state index contributed by atoms with van der Waals surface area (Å²) in [6.07, 6.45) is 2.56. The van der Waals surface area contributed by atoms with Gasteiger partial charge in [0, 0.05) is 30.8 Å². The van der Waals surface area contributed by atoms with Crippen molar-refractivity contribution in [1.29, 1.82) is 5.26 Å². The molecule has 9 nitrogen and oxygen atoms in total. The molecule has 2 aromatic heterocycles. The van der Waals surface area contributed by atoms with E-state index in [2.05, 4.69) is 28.4 Å². The van der Waals surface area contributed by atoms with E-state index in [0.29, 0.717) is 58.9 Å². The third-order valence-electron chi connectivity index (χ3n) is 7.35. The number of carbonyl (C=O) groups excluding carboxylic acids is 2. The van der Waals surface area contributed by atoms with Crippen molar-refractivity contribution in [2.75, 3.05) is 17.2 Å². The number of Topliss-reactive ketones (excluding diaryl/α,β-unsaturated/α-hetero) is 1. The summed E-state index contributed by atoms with van der Waals surface area (Å²) in [5.41, 5.74) is 10.6. The molecule has 11 heteroatoms. The lowest BCUT2D eigenvalue weighted by atomic mass is 9.78. The van der Waals surface area contributed by atoms with Crippen LogP contribution >= 0.6 is 23.1 Å². The molecule has 0 fully saturated rings. The van der Waals surface area contributed by atoms with Gasteiger partial charge in [-0.05, 0) is 49.4 Å². The molecule has 1 unspecified atom stereocenters. The average molecular weight is 559 g/mol. The number of nitrogens with zero attached hydrogens (tertiary/aromatic N) is 5. The van der Waals surface area contributed by atoms with E-state index in [1.807, 2.05) is 30.0 Å². The highest BCUT2D eigenvalue weighted by atomic mass is 32.2. The number of thioether (sulfide) groups is 1. The number of aromatic nitrogens is 2. The fourth-order valence-electron chi connectivity index (χ4n) is 5.47. The Morgan fingerprint density at radius 3 is 2.79 bits per heavy atom. The molecule has 0 saturated heterocycles. The van der Waals surface area contributed by atoms with Crippen molar-refractivity contribution in [1.82, 2.24) is 15.1 Å². The number of fused-ring (bicyclic) bond motifs is 1. The van der Waals surface area contributed by atoms with Crippen molar-refractivity contribution in [3.05, 3.63) is 81.7 Å². The number of hydrogen-bond donors (Lipinski definition) is 1. The third kappa shape index (κ3) is 4.64. The number of aryl methyl sites for hydroxylation is 1. The summed E-state index contributed by atoms with van der Waals surface area (Å²) in [5.74, 6) is 1.09. The fourth-order valence-corrected chi connectivity index (χ4v) is 7.26. The summed E-state index contributed by atoms with van der Waals surface area (Å²) in [7, 11) is 0. The molecule has 3 aliphatic rings. The van der Waals surface area contributed by atoms with Gasteiger partial charge < -0.3 is 15.1 Å². The predicted octanol–water partition coefficient (Wildman–Crippen LogP) is 4.42. The molecule has 2 N–H and O–H groups in total. The highest BCUT2D eigenvalue weighted by Crippen LogP contribution is 2.47. The Morgan fingerprint density at radius 2 is 2.03 bits per heavy atom. The maximum Gasteiger partial charge on any atom is 0.233 e. The topological polar surface area (TPSA) is 129 Å². The molecule has 1 aliphatic carbocycles. The third-order valence-corrected chi connectivity index (χ3v) is 9.38. The van der Waals surface area contributed by atoms with E-state index in [0.717, 1.165) is 12.1 Å². The molecule has 0 bridgehead atoms. The Labute approximate surface area is 234 Å². The zero-order valence-corrected chi connectivity index (χ0v) is 23.0. The van der Waals surface area contributed by atoms with E-state index in [1.54, 1.807) is 11.0 Å². The second-order valence-corrected chi connectivity index (χ2v) is 11.9. The summed E-state index contributed by atoms with van der Waals surface area (Å²) in [4.78, 5) is 29.7. The molecule has 1 amide bonds. The second-order valence-electron chi connectivity index (χ2n) is 9.74. The molecule has 3 aromatic rings. The molecular formula is C28H26N6O3S2. The first-order chi connectivity index (χ1) is 18.9. The number of nitrogens with two attached hydrogens (primary N) is 1. The van der Waals surface area contributed by atoms with Gasteiger partial charge in [-0.1, -0.05) is 47.4 Å². The van der Waals surface area contributed by atoms with Gasteiger partial charge in [0.1, 0.15) is 17.3 Å². The van der Waals surface area contributed by atoms with Gasteiger partial charge in [-0.2, -0.15) is 5.26 Å². The Morgan fingerprint density at radius 1 is 1.21 bits per heavy atom. The monoisotopic (exact) mass is 558 g/mol. The van der Waals surface area contributed by atoms with E-state index in [9.17, 15) is 14.9 Å². The van der Waals surface area contributed by atoms with Crippen molar-refractivity contribution >= 4 is 39.9 Å². The molecule has 1 aromatic carbocycles. The quantitative estimate of drug-likeness (QED) is 0.452. The van der Waals surface area contributed by atoms with Gasteiger partial charge in [-0.3, -0.25) is 14.5 Å². The maximum atomic E-state index is 13.2. The highest BCUT2D eigenvalue weighted by Gasteiger charge is 2.42. The lowest BCUT2D eigenvalue weighted by Gasteiger charge is -2.37.